The van der Waals surface area contributed by atoms with Crippen molar-refractivity contribution in [3.05, 3.63) is 70.0 Å². The Labute approximate surface area is 144 Å². The van der Waals surface area contributed by atoms with Crippen LogP contribution in [0.25, 0.3) is 0 Å². The van der Waals surface area contributed by atoms with Gasteiger partial charge in [0.1, 0.15) is 12.0 Å². The van der Waals surface area contributed by atoms with E-state index >= 15 is 0 Å². The van der Waals surface area contributed by atoms with E-state index in [2.05, 4.69) is 68.3 Å². The zero-order chi connectivity index (χ0) is 17.4. The minimum absolute atomic E-state index is 0.552. The Morgan fingerprint density at radius 1 is 1.12 bits per heavy atom. The second-order valence-corrected chi connectivity index (χ2v) is 6.65. The minimum Gasteiger partial charge on any atom is -0.378 e. The normalized spacial score (nSPS) is 18.4. The number of hydrogen-bond acceptors (Lipinski definition) is 4. The van der Waals surface area contributed by atoms with E-state index in [0.717, 1.165) is 30.3 Å². The van der Waals surface area contributed by atoms with Crippen LogP contribution in [0.3, 0.4) is 0 Å². The number of aliphatic hydroxyl groups excluding tert-OH is 1. The van der Waals surface area contributed by atoms with Crippen LogP contribution in [0.2, 0.25) is 0 Å². The summed E-state index contributed by atoms with van der Waals surface area (Å²) in [4.78, 5) is 4.26. The van der Waals surface area contributed by atoms with Gasteiger partial charge in [0.2, 0.25) is 0 Å². The number of nitrogens with one attached hydrogen (secondary N) is 1. The van der Waals surface area contributed by atoms with Crippen molar-refractivity contribution in [2.45, 2.75) is 47.4 Å². The van der Waals surface area contributed by atoms with Gasteiger partial charge >= 0.3 is 0 Å². The van der Waals surface area contributed by atoms with Crippen molar-refractivity contribution in [2.24, 2.45) is 0 Å². The Bertz CT molecular complexity index is 723. The smallest absolute Gasteiger partial charge is 0.139 e. The fourth-order valence-corrected chi connectivity index (χ4v) is 3.57. The average Bonchev–Trinajstić information content (AvgIpc) is 2.79. The Morgan fingerprint density at radius 3 is 2.42 bits per heavy atom. The lowest BCUT2D eigenvalue weighted by Gasteiger charge is -2.32. The van der Waals surface area contributed by atoms with Crippen molar-refractivity contribution in [3.63, 3.8) is 0 Å². The van der Waals surface area contributed by atoms with Gasteiger partial charge in [-0.05, 0) is 57.4 Å². The van der Waals surface area contributed by atoms with Gasteiger partial charge in [-0.25, -0.2) is 0 Å². The summed E-state index contributed by atoms with van der Waals surface area (Å²) in [6, 6.07) is 6.40. The number of aliphatic hydroxyl groups is 1. The first-order valence-corrected chi connectivity index (χ1v) is 8.54. The second kappa shape index (κ2) is 6.36. The predicted octanol–water partition coefficient (Wildman–Crippen LogP) is 3.34. The monoisotopic (exact) mass is 325 g/mol. The van der Waals surface area contributed by atoms with Crippen LogP contribution in [0.1, 0.15) is 37.5 Å². The van der Waals surface area contributed by atoms with Crippen molar-refractivity contribution >= 4 is 0 Å². The fourth-order valence-electron chi connectivity index (χ4n) is 3.57. The number of aryl methyl sites for hydroxylation is 2. The largest absolute Gasteiger partial charge is 0.378 e. The molecule has 0 bridgehead atoms. The van der Waals surface area contributed by atoms with Crippen LogP contribution in [0.4, 0.5) is 0 Å². The molecule has 4 heteroatoms. The molecule has 2 N–H and O–H groups in total. The van der Waals surface area contributed by atoms with Crippen LogP contribution in [-0.2, 0) is 6.54 Å². The van der Waals surface area contributed by atoms with E-state index in [4.69, 9.17) is 0 Å². The quantitative estimate of drug-likeness (QED) is 0.890. The molecule has 0 saturated heterocycles. The van der Waals surface area contributed by atoms with E-state index in [1.54, 1.807) is 0 Å². The Kier molecular flexibility index (Phi) is 4.41. The molecule has 2 aliphatic rings. The van der Waals surface area contributed by atoms with Crippen LogP contribution in [0, 0.1) is 13.8 Å². The van der Waals surface area contributed by atoms with Gasteiger partial charge in [0.25, 0.3) is 0 Å². The van der Waals surface area contributed by atoms with Gasteiger partial charge in [0.15, 0.2) is 0 Å². The molecule has 2 aliphatic heterocycles. The summed E-state index contributed by atoms with van der Waals surface area (Å²) in [5, 5.41) is 13.8. The molecule has 0 saturated carbocycles. The van der Waals surface area contributed by atoms with Crippen LogP contribution in [-0.4, -0.2) is 27.7 Å². The van der Waals surface area contributed by atoms with Crippen molar-refractivity contribution in [2.75, 3.05) is 6.54 Å². The lowest BCUT2D eigenvalue weighted by molar-refractivity contribution is 0.0612. The Hall–Kier alpha value is -2.20. The third-order valence-corrected chi connectivity index (χ3v) is 5.06. The maximum atomic E-state index is 10.2. The van der Waals surface area contributed by atoms with Crippen LogP contribution >= 0.6 is 0 Å². The third kappa shape index (κ3) is 2.71. The standard InChI is InChI=1S/C20H27N3O/c1-13-8-6-9-14(2)18(13)12-21-19-10-7-11-22-15(3)16(4)23(17(5)24)20(19)22/h6-10,17,21,24H,11-12H2,1-5H3. The van der Waals surface area contributed by atoms with Crippen molar-refractivity contribution in [3.8, 4) is 0 Å². The number of nitrogens with zero attached hydrogens (tertiary/aromatic N) is 2. The topological polar surface area (TPSA) is 38.7 Å². The molecular formula is C20H27N3O. The molecular weight excluding hydrogens is 298 g/mol. The van der Waals surface area contributed by atoms with Gasteiger partial charge in [0.05, 0.1) is 5.70 Å². The highest BCUT2D eigenvalue weighted by atomic mass is 16.3. The molecule has 1 unspecified atom stereocenters. The molecule has 0 aromatic heterocycles. The SMILES string of the molecule is CC1=C(C)N(C(C)O)C2=C(NCc3c(C)cccc3C)C=CCN12. The molecule has 128 valence electrons. The van der Waals surface area contributed by atoms with Gasteiger partial charge in [-0.2, -0.15) is 0 Å². The molecule has 1 aromatic carbocycles. The Balaban J connectivity index is 1.92. The number of allylic oxidation sites excluding steroid dienone is 3. The van der Waals surface area contributed by atoms with Gasteiger partial charge in [-0.15, -0.1) is 0 Å². The van der Waals surface area contributed by atoms with Crippen molar-refractivity contribution in [1.82, 2.24) is 15.1 Å². The first-order valence-electron chi connectivity index (χ1n) is 8.54. The number of fused-ring (bicyclic) bond motifs is 1. The summed E-state index contributed by atoms with van der Waals surface area (Å²) in [5.41, 5.74) is 7.29. The predicted molar refractivity (Wildman–Crippen MR) is 97.5 cm³/mol. The maximum Gasteiger partial charge on any atom is 0.139 e. The highest BCUT2D eigenvalue weighted by Gasteiger charge is 2.34. The fraction of sp³-hybridized carbons (Fsp3) is 0.400. The molecule has 2 heterocycles. The van der Waals surface area contributed by atoms with Crippen molar-refractivity contribution < 1.29 is 5.11 Å². The molecule has 0 aliphatic carbocycles. The number of benzene rings is 1. The van der Waals surface area contributed by atoms with E-state index in [0.29, 0.717) is 0 Å². The highest BCUT2D eigenvalue weighted by molar-refractivity contribution is 5.39. The maximum absolute atomic E-state index is 10.2. The molecule has 1 aromatic rings. The second-order valence-electron chi connectivity index (χ2n) is 6.65. The summed E-state index contributed by atoms with van der Waals surface area (Å²) in [7, 11) is 0. The van der Waals surface area contributed by atoms with Gasteiger partial charge in [0, 0.05) is 24.5 Å². The molecule has 1 atom stereocenters. The van der Waals surface area contributed by atoms with E-state index < -0.39 is 6.23 Å². The number of hydrogen-bond donors (Lipinski definition) is 2. The van der Waals surface area contributed by atoms with Gasteiger partial charge < -0.3 is 20.2 Å². The summed E-state index contributed by atoms with van der Waals surface area (Å²) in [6.45, 7) is 11.9. The molecule has 24 heavy (non-hydrogen) atoms. The van der Waals surface area contributed by atoms with Crippen LogP contribution in [0.15, 0.2) is 53.3 Å². The zero-order valence-electron chi connectivity index (χ0n) is 15.2. The summed E-state index contributed by atoms with van der Waals surface area (Å²) in [6.07, 6.45) is 3.74. The van der Waals surface area contributed by atoms with E-state index in [1.807, 2.05) is 11.8 Å². The first kappa shape index (κ1) is 16.7. The van der Waals surface area contributed by atoms with Crippen molar-refractivity contribution in [1.29, 1.82) is 0 Å². The summed E-state index contributed by atoms with van der Waals surface area (Å²) in [5.74, 6) is 1.05. The lowest BCUT2D eigenvalue weighted by Crippen LogP contribution is -2.36. The summed E-state index contributed by atoms with van der Waals surface area (Å²) < 4.78 is 0. The molecule has 4 nitrogen and oxygen atoms in total. The van der Waals surface area contributed by atoms with E-state index in [1.165, 1.54) is 22.4 Å². The van der Waals surface area contributed by atoms with E-state index in [-0.39, 0.29) is 0 Å². The Morgan fingerprint density at radius 2 is 1.79 bits per heavy atom. The van der Waals surface area contributed by atoms with Crippen LogP contribution in [0.5, 0.6) is 0 Å². The zero-order valence-corrected chi connectivity index (χ0v) is 15.2. The highest BCUT2D eigenvalue weighted by Crippen LogP contribution is 2.36. The van der Waals surface area contributed by atoms with Crippen LogP contribution < -0.4 is 5.32 Å². The molecule has 3 rings (SSSR count). The minimum atomic E-state index is -0.552. The van der Waals surface area contributed by atoms with Gasteiger partial charge in [-0.3, -0.25) is 0 Å². The first-order chi connectivity index (χ1) is 11.4. The number of rotatable bonds is 4. The molecule has 0 radical (unpaired) electrons. The summed E-state index contributed by atoms with van der Waals surface area (Å²) >= 11 is 0. The van der Waals surface area contributed by atoms with Gasteiger partial charge in [-0.1, -0.05) is 24.3 Å². The average molecular weight is 325 g/mol. The third-order valence-electron chi connectivity index (χ3n) is 5.06. The molecule has 0 fully saturated rings. The lowest BCUT2D eigenvalue weighted by atomic mass is 10.0. The molecule has 0 spiro atoms. The van der Waals surface area contributed by atoms with E-state index in [9.17, 15) is 5.11 Å². The molecule has 0 amide bonds.